The van der Waals surface area contributed by atoms with Gasteiger partial charge in [-0.25, -0.2) is 0 Å². The molecule has 20 heavy (non-hydrogen) atoms. The maximum atomic E-state index is 6.43. The van der Waals surface area contributed by atoms with E-state index in [9.17, 15) is 0 Å². The van der Waals surface area contributed by atoms with E-state index in [2.05, 4.69) is 37.9 Å². The third-order valence-electron chi connectivity index (χ3n) is 3.85. The summed E-state index contributed by atoms with van der Waals surface area (Å²) in [4.78, 5) is 3.98. The second kappa shape index (κ2) is 6.23. The fourth-order valence-electron chi connectivity index (χ4n) is 2.95. The van der Waals surface area contributed by atoms with E-state index in [1.165, 1.54) is 27.6 Å². The molecule has 0 amide bonds. The van der Waals surface area contributed by atoms with Crippen molar-refractivity contribution in [2.45, 2.75) is 33.2 Å². The van der Waals surface area contributed by atoms with Crippen LogP contribution >= 0.6 is 35.3 Å². The Morgan fingerprint density at radius 2 is 2.05 bits per heavy atom. The van der Waals surface area contributed by atoms with Crippen molar-refractivity contribution >= 4 is 45.4 Å². The van der Waals surface area contributed by atoms with E-state index >= 15 is 0 Å². The molecule has 2 aromatic rings. The van der Waals surface area contributed by atoms with Crippen molar-refractivity contribution in [1.29, 1.82) is 0 Å². The molecule has 0 spiro atoms. The Kier molecular flexibility index (Phi) is 5.01. The van der Waals surface area contributed by atoms with Gasteiger partial charge in [0.15, 0.2) is 0 Å². The van der Waals surface area contributed by atoms with Gasteiger partial charge in [-0.15, -0.1) is 23.7 Å². The molecule has 1 aliphatic heterocycles. The third kappa shape index (κ3) is 2.85. The highest BCUT2D eigenvalue weighted by Crippen LogP contribution is 2.40. The Bertz CT molecular complexity index is 618. The number of thiophene rings is 1. The number of hydrogen-bond donors (Lipinski definition) is 0. The minimum absolute atomic E-state index is 0. The van der Waals surface area contributed by atoms with E-state index in [4.69, 9.17) is 11.6 Å². The molecular formula is C16H21Cl2NS. The molecule has 0 atom stereocenters. The molecule has 110 valence electrons. The lowest BCUT2D eigenvalue weighted by Gasteiger charge is -2.14. The van der Waals surface area contributed by atoms with Crippen LogP contribution in [0.2, 0.25) is 5.02 Å². The van der Waals surface area contributed by atoms with Crippen molar-refractivity contribution in [3.05, 3.63) is 33.2 Å². The summed E-state index contributed by atoms with van der Waals surface area (Å²) in [6.45, 7) is 6.76. The molecule has 1 nitrogen and oxygen atoms in total. The highest BCUT2D eigenvalue weighted by Gasteiger charge is 2.21. The van der Waals surface area contributed by atoms with Crippen LogP contribution in [0.15, 0.2) is 12.1 Å². The van der Waals surface area contributed by atoms with Crippen LogP contribution in [-0.4, -0.2) is 18.5 Å². The maximum absolute atomic E-state index is 6.43. The number of halogens is 2. The Labute approximate surface area is 136 Å². The zero-order valence-corrected chi connectivity index (χ0v) is 14.6. The Hall–Kier alpha value is -0.280. The van der Waals surface area contributed by atoms with Crippen molar-refractivity contribution in [2.24, 2.45) is 5.92 Å². The van der Waals surface area contributed by atoms with Gasteiger partial charge < -0.3 is 4.90 Å². The average molecular weight is 330 g/mol. The van der Waals surface area contributed by atoms with Gasteiger partial charge in [-0.05, 0) is 49.1 Å². The van der Waals surface area contributed by atoms with Gasteiger partial charge in [0.25, 0.3) is 0 Å². The highest BCUT2D eigenvalue weighted by atomic mass is 35.5. The van der Waals surface area contributed by atoms with Gasteiger partial charge in [0.05, 0.1) is 0 Å². The zero-order chi connectivity index (χ0) is 13.6. The molecule has 0 bridgehead atoms. The van der Waals surface area contributed by atoms with E-state index in [0.29, 0.717) is 5.92 Å². The van der Waals surface area contributed by atoms with Crippen molar-refractivity contribution < 1.29 is 0 Å². The topological polar surface area (TPSA) is 3.24 Å². The van der Waals surface area contributed by atoms with Gasteiger partial charge in [-0.3, -0.25) is 0 Å². The van der Waals surface area contributed by atoms with E-state index in [1.807, 2.05) is 11.3 Å². The lowest BCUT2D eigenvalue weighted by Crippen LogP contribution is -2.19. The summed E-state index contributed by atoms with van der Waals surface area (Å²) in [7, 11) is 2.21. The first-order chi connectivity index (χ1) is 9.06. The molecule has 0 N–H and O–H groups in total. The monoisotopic (exact) mass is 329 g/mol. The standard InChI is InChI=1S/C16H20ClNS.ClH/c1-10(2)8-15-12-9-18(3)7-6-11-13(17)4-5-14(19-15)16(11)12;/h4-5,10H,6-9H2,1-3H3;1H. The van der Waals surface area contributed by atoms with Crippen molar-refractivity contribution in [3.63, 3.8) is 0 Å². The quantitative estimate of drug-likeness (QED) is 0.735. The Balaban J connectivity index is 0.00000147. The maximum Gasteiger partial charge on any atom is 0.0445 e. The summed E-state index contributed by atoms with van der Waals surface area (Å²) in [5.41, 5.74) is 2.90. The van der Waals surface area contributed by atoms with Gasteiger partial charge in [-0.1, -0.05) is 25.4 Å². The number of nitrogens with zero attached hydrogens (tertiary/aromatic N) is 1. The lowest BCUT2D eigenvalue weighted by molar-refractivity contribution is 0.336. The minimum Gasteiger partial charge on any atom is -0.302 e. The fraction of sp³-hybridized carbons (Fsp3) is 0.500. The van der Waals surface area contributed by atoms with E-state index in [-0.39, 0.29) is 12.4 Å². The zero-order valence-electron chi connectivity index (χ0n) is 12.2. The predicted octanol–water partition coefficient (Wildman–Crippen LogP) is 5.16. The predicted molar refractivity (Wildman–Crippen MR) is 92.7 cm³/mol. The van der Waals surface area contributed by atoms with Crippen molar-refractivity contribution in [2.75, 3.05) is 13.6 Å². The van der Waals surface area contributed by atoms with Crippen LogP contribution in [0.1, 0.15) is 29.9 Å². The van der Waals surface area contributed by atoms with Crippen LogP contribution in [0.4, 0.5) is 0 Å². The fourth-order valence-corrected chi connectivity index (χ4v) is 4.66. The Morgan fingerprint density at radius 3 is 2.75 bits per heavy atom. The van der Waals surface area contributed by atoms with Crippen LogP contribution in [0.5, 0.6) is 0 Å². The number of likely N-dealkylation sites (N-methyl/N-ethyl adjacent to an activating group) is 1. The largest absolute Gasteiger partial charge is 0.302 e. The first-order valence-corrected chi connectivity index (χ1v) is 8.16. The van der Waals surface area contributed by atoms with Crippen LogP contribution in [-0.2, 0) is 19.4 Å². The normalized spacial score (nSPS) is 15.4. The third-order valence-corrected chi connectivity index (χ3v) is 5.43. The van der Waals surface area contributed by atoms with Gasteiger partial charge in [0.1, 0.15) is 0 Å². The van der Waals surface area contributed by atoms with Crippen LogP contribution in [0.3, 0.4) is 0 Å². The van der Waals surface area contributed by atoms with Gasteiger partial charge in [-0.2, -0.15) is 0 Å². The Morgan fingerprint density at radius 1 is 1.30 bits per heavy atom. The second-order valence-corrected chi connectivity index (χ2v) is 7.53. The second-order valence-electron chi connectivity index (χ2n) is 5.99. The first kappa shape index (κ1) is 16.1. The molecule has 0 radical (unpaired) electrons. The van der Waals surface area contributed by atoms with E-state index in [1.54, 1.807) is 4.88 Å². The van der Waals surface area contributed by atoms with Gasteiger partial charge in [0, 0.05) is 33.1 Å². The molecule has 4 heteroatoms. The lowest BCUT2D eigenvalue weighted by atomic mass is 10.0. The number of benzene rings is 1. The molecule has 0 unspecified atom stereocenters. The van der Waals surface area contributed by atoms with Gasteiger partial charge in [0.2, 0.25) is 0 Å². The van der Waals surface area contributed by atoms with Crippen LogP contribution < -0.4 is 0 Å². The highest BCUT2D eigenvalue weighted by molar-refractivity contribution is 7.19. The SMILES string of the molecule is CC(C)Cc1sc2ccc(Cl)c3c2c1CN(C)CC3.Cl. The molecule has 1 aliphatic rings. The van der Waals surface area contributed by atoms with E-state index in [0.717, 1.165) is 24.5 Å². The molecule has 0 saturated heterocycles. The molecular weight excluding hydrogens is 309 g/mol. The summed E-state index contributed by atoms with van der Waals surface area (Å²) in [5.74, 6) is 0.705. The van der Waals surface area contributed by atoms with Crippen LogP contribution in [0, 0.1) is 5.92 Å². The molecule has 0 saturated carbocycles. The van der Waals surface area contributed by atoms with Gasteiger partial charge >= 0.3 is 0 Å². The summed E-state index contributed by atoms with van der Waals surface area (Å²) in [6, 6.07) is 4.27. The average Bonchev–Trinajstić information content (AvgIpc) is 2.55. The van der Waals surface area contributed by atoms with Crippen molar-refractivity contribution in [1.82, 2.24) is 4.90 Å². The van der Waals surface area contributed by atoms with Crippen molar-refractivity contribution in [3.8, 4) is 0 Å². The molecule has 0 fully saturated rings. The van der Waals surface area contributed by atoms with Crippen LogP contribution in [0.25, 0.3) is 10.1 Å². The number of hydrogen-bond acceptors (Lipinski definition) is 2. The molecule has 3 rings (SSSR count). The molecule has 1 aromatic heterocycles. The number of rotatable bonds is 2. The summed E-state index contributed by atoms with van der Waals surface area (Å²) >= 11 is 8.40. The molecule has 2 heterocycles. The molecule has 1 aromatic carbocycles. The molecule has 0 aliphatic carbocycles. The summed E-state index contributed by atoms with van der Waals surface area (Å²) in [6.07, 6.45) is 2.25. The smallest absolute Gasteiger partial charge is 0.0445 e. The van der Waals surface area contributed by atoms with E-state index < -0.39 is 0 Å². The summed E-state index contributed by atoms with van der Waals surface area (Å²) in [5, 5.41) is 2.40. The first-order valence-electron chi connectivity index (χ1n) is 6.96. The summed E-state index contributed by atoms with van der Waals surface area (Å²) < 4.78 is 1.42. The minimum atomic E-state index is 0.